The molecule has 7 heteroatoms. The summed E-state index contributed by atoms with van der Waals surface area (Å²) in [5, 5.41) is 8.78. The van der Waals surface area contributed by atoms with Crippen LogP contribution in [0.25, 0.3) is 31.5 Å². The Morgan fingerprint density at radius 2 is 2.08 bits per heavy atom. The van der Waals surface area contributed by atoms with E-state index in [9.17, 15) is 0 Å². The summed E-state index contributed by atoms with van der Waals surface area (Å²) in [6.07, 6.45) is 7.29. The van der Waals surface area contributed by atoms with Crippen LogP contribution < -0.4 is 5.32 Å². The van der Waals surface area contributed by atoms with Gasteiger partial charge >= 0.3 is 0 Å². The van der Waals surface area contributed by atoms with Crippen molar-refractivity contribution in [1.29, 1.82) is 0 Å². The lowest BCUT2D eigenvalue weighted by atomic mass is 10.1. The van der Waals surface area contributed by atoms with E-state index in [1.54, 1.807) is 35.1 Å². The maximum absolute atomic E-state index is 5.61. The van der Waals surface area contributed by atoms with E-state index in [4.69, 9.17) is 4.42 Å². The van der Waals surface area contributed by atoms with Gasteiger partial charge < -0.3 is 9.73 Å². The topological polar surface area (TPSA) is 63.8 Å². The molecule has 5 heterocycles. The molecule has 5 nitrogen and oxygen atoms in total. The van der Waals surface area contributed by atoms with Crippen molar-refractivity contribution in [2.24, 2.45) is 0 Å². The van der Waals surface area contributed by atoms with Gasteiger partial charge in [0.2, 0.25) is 0 Å². The number of nitrogens with zero attached hydrogens (tertiary/aromatic N) is 3. The maximum Gasteiger partial charge on any atom is 0.176 e. The normalized spacial score (nSPS) is 11.5. The van der Waals surface area contributed by atoms with Crippen LogP contribution >= 0.6 is 22.7 Å². The van der Waals surface area contributed by atoms with E-state index in [0.717, 1.165) is 47.9 Å². The van der Waals surface area contributed by atoms with Gasteiger partial charge in [-0.3, -0.25) is 4.98 Å². The zero-order chi connectivity index (χ0) is 17.7. The lowest BCUT2D eigenvalue weighted by Gasteiger charge is -2.08. The van der Waals surface area contributed by atoms with Gasteiger partial charge in [-0.1, -0.05) is 0 Å². The molecule has 128 valence electrons. The third-order valence-electron chi connectivity index (χ3n) is 4.25. The van der Waals surface area contributed by atoms with Crippen molar-refractivity contribution in [3.63, 3.8) is 0 Å². The summed E-state index contributed by atoms with van der Waals surface area (Å²) in [5.41, 5.74) is 3.89. The van der Waals surface area contributed by atoms with Gasteiger partial charge in [0.15, 0.2) is 11.4 Å². The van der Waals surface area contributed by atoms with Crippen molar-refractivity contribution in [2.75, 3.05) is 5.32 Å². The number of aromatic nitrogens is 3. The second kappa shape index (κ2) is 5.89. The minimum absolute atomic E-state index is 0.715. The van der Waals surface area contributed by atoms with E-state index in [1.165, 1.54) is 0 Å². The van der Waals surface area contributed by atoms with Crippen LogP contribution in [-0.2, 0) is 0 Å². The van der Waals surface area contributed by atoms with Crippen LogP contribution in [-0.4, -0.2) is 15.0 Å². The molecule has 0 bridgehead atoms. The molecule has 0 saturated carbocycles. The second-order valence-corrected chi connectivity index (χ2v) is 8.09. The quantitative estimate of drug-likeness (QED) is 0.422. The Hall–Kier alpha value is -2.77. The molecule has 0 amide bonds. The summed E-state index contributed by atoms with van der Waals surface area (Å²) < 4.78 is 6.73. The Morgan fingerprint density at radius 1 is 1.15 bits per heavy atom. The van der Waals surface area contributed by atoms with Crippen molar-refractivity contribution in [3.8, 4) is 10.4 Å². The number of thiazole rings is 1. The van der Waals surface area contributed by atoms with Crippen molar-refractivity contribution in [2.45, 2.75) is 13.8 Å². The Balaban J connectivity index is 1.70. The summed E-state index contributed by atoms with van der Waals surface area (Å²) in [7, 11) is 0. The van der Waals surface area contributed by atoms with Crippen molar-refractivity contribution in [1.82, 2.24) is 15.0 Å². The van der Waals surface area contributed by atoms with Gasteiger partial charge in [0.05, 0.1) is 32.2 Å². The van der Waals surface area contributed by atoms with Gasteiger partial charge in [-0.05, 0) is 26.0 Å². The summed E-state index contributed by atoms with van der Waals surface area (Å²) in [4.78, 5) is 14.6. The number of rotatable bonds is 3. The summed E-state index contributed by atoms with van der Waals surface area (Å²) in [5.74, 6) is 0.715. The number of hydrogen-bond donors (Lipinski definition) is 1. The highest BCUT2D eigenvalue weighted by atomic mass is 32.1. The molecule has 0 aromatic carbocycles. The van der Waals surface area contributed by atoms with Gasteiger partial charge in [0, 0.05) is 40.3 Å². The number of pyridine rings is 2. The van der Waals surface area contributed by atoms with Crippen LogP contribution in [0.1, 0.15) is 10.7 Å². The van der Waals surface area contributed by atoms with Crippen LogP contribution in [0.2, 0.25) is 0 Å². The molecule has 0 saturated heterocycles. The Kier molecular flexibility index (Phi) is 3.51. The highest BCUT2D eigenvalue weighted by molar-refractivity contribution is 7.18. The van der Waals surface area contributed by atoms with Gasteiger partial charge in [-0.15, -0.1) is 22.7 Å². The minimum Gasteiger partial charge on any atom is -0.460 e. The number of fused-ring (bicyclic) bond motifs is 2. The summed E-state index contributed by atoms with van der Waals surface area (Å²) >= 11 is 3.36. The fourth-order valence-electron chi connectivity index (χ4n) is 3.15. The standard InChI is InChI=1S/C19H14N4OS2/c1-10-18(26-11(2)22-10)13-7-20-8-15-16(13)14(9-25-15)23-19-17-12(3-5-21-19)4-6-24-17/h3-9H,1-2H3,(H,21,23). The van der Waals surface area contributed by atoms with E-state index < -0.39 is 0 Å². The van der Waals surface area contributed by atoms with E-state index in [-0.39, 0.29) is 0 Å². The third-order valence-corrected chi connectivity index (χ3v) is 6.28. The highest BCUT2D eigenvalue weighted by Gasteiger charge is 2.17. The molecule has 0 unspecified atom stereocenters. The average Bonchev–Trinajstić information content (AvgIpc) is 3.34. The van der Waals surface area contributed by atoms with Gasteiger partial charge in [0.1, 0.15) is 0 Å². The average molecular weight is 378 g/mol. The smallest absolute Gasteiger partial charge is 0.176 e. The van der Waals surface area contributed by atoms with E-state index in [2.05, 4.69) is 25.6 Å². The Bertz CT molecular complexity index is 1250. The first kappa shape index (κ1) is 15.5. The maximum atomic E-state index is 5.61. The molecule has 0 atom stereocenters. The fourth-order valence-corrected chi connectivity index (χ4v) is 4.96. The minimum atomic E-state index is 0.715. The predicted molar refractivity (Wildman–Crippen MR) is 107 cm³/mol. The number of aryl methyl sites for hydroxylation is 2. The van der Waals surface area contributed by atoms with E-state index in [1.807, 2.05) is 38.4 Å². The van der Waals surface area contributed by atoms with Crippen molar-refractivity contribution >= 4 is 55.2 Å². The molecule has 0 fully saturated rings. The first-order valence-corrected chi connectivity index (χ1v) is 9.79. The molecule has 0 aliphatic heterocycles. The molecule has 26 heavy (non-hydrogen) atoms. The second-order valence-electron chi connectivity index (χ2n) is 5.98. The predicted octanol–water partition coefficient (Wildman–Crippen LogP) is 5.92. The number of furan rings is 1. The number of anilines is 2. The number of thiophene rings is 1. The first-order valence-electron chi connectivity index (χ1n) is 8.09. The highest BCUT2D eigenvalue weighted by Crippen LogP contribution is 2.41. The lowest BCUT2D eigenvalue weighted by Crippen LogP contribution is -1.93. The van der Waals surface area contributed by atoms with Crippen LogP contribution in [0.15, 0.2) is 46.8 Å². The fraction of sp³-hybridized carbons (Fsp3) is 0.105. The Labute approximate surface area is 157 Å². The molecule has 5 aromatic rings. The monoisotopic (exact) mass is 378 g/mol. The lowest BCUT2D eigenvalue weighted by molar-refractivity contribution is 0.615. The first-order chi connectivity index (χ1) is 12.7. The van der Waals surface area contributed by atoms with Crippen molar-refractivity contribution < 1.29 is 4.42 Å². The van der Waals surface area contributed by atoms with Gasteiger partial charge in [-0.2, -0.15) is 0 Å². The molecule has 0 aliphatic rings. The molecule has 0 radical (unpaired) electrons. The number of hydrogen-bond acceptors (Lipinski definition) is 7. The Morgan fingerprint density at radius 3 is 2.92 bits per heavy atom. The molecule has 5 rings (SSSR count). The van der Waals surface area contributed by atoms with Crippen LogP contribution in [0.3, 0.4) is 0 Å². The molecular weight excluding hydrogens is 364 g/mol. The van der Waals surface area contributed by atoms with E-state index in [0.29, 0.717) is 5.82 Å². The summed E-state index contributed by atoms with van der Waals surface area (Å²) in [6, 6.07) is 3.88. The molecule has 1 N–H and O–H groups in total. The number of nitrogens with one attached hydrogen (secondary N) is 1. The van der Waals surface area contributed by atoms with Crippen LogP contribution in [0.5, 0.6) is 0 Å². The van der Waals surface area contributed by atoms with Gasteiger partial charge in [-0.25, -0.2) is 9.97 Å². The van der Waals surface area contributed by atoms with E-state index >= 15 is 0 Å². The van der Waals surface area contributed by atoms with Crippen LogP contribution in [0, 0.1) is 13.8 Å². The molecule has 0 aliphatic carbocycles. The molecule has 5 aromatic heterocycles. The SMILES string of the molecule is Cc1nc(C)c(-c2cncc3scc(Nc4nccc5ccoc45)c23)s1. The zero-order valence-corrected chi connectivity index (χ0v) is 15.7. The summed E-state index contributed by atoms with van der Waals surface area (Å²) in [6.45, 7) is 4.07. The molecule has 0 spiro atoms. The third kappa shape index (κ3) is 2.40. The van der Waals surface area contributed by atoms with Crippen LogP contribution in [0.4, 0.5) is 11.5 Å². The molecular formula is C19H14N4OS2. The van der Waals surface area contributed by atoms with Crippen molar-refractivity contribution in [3.05, 3.63) is 53.1 Å². The van der Waals surface area contributed by atoms with Gasteiger partial charge in [0.25, 0.3) is 0 Å². The largest absolute Gasteiger partial charge is 0.460 e. The zero-order valence-electron chi connectivity index (χ0n) is 14.1.